The normalized spacial score (nSPS) is 10.5. The van der Waals surface area contributed by atoms with E-state index in [9.17, 15) is 4.39 Å². The van der Waals surface area contributed by atoms with Crippen molar-refractivity contribution < 1.29 is 4.39 Å². The minimum atomic E-state index is -0.235. The van der Waals surface area contributed by atoms with Crippen LogP contribution in [0.15, 0.2) is 54.6 Å². The molecule has 0 saturated carbocycles. The Hall–Kier alpha value is -2.95. The van der Waals surface area contributed by atoms with Gasteiger partial charge in [0, 0.05) is 24.0 Å². The second-order valence-electron chi connectivity index (χ2n) is 5.64. The highest BCUT2D eigenvalue weighted by Gasteiger charge is 2.04. The topological polar surface area (TPSA) is 49.8 Å². The molecule has 1 aromatic heterocycles. The monoisotopic (exact) mass is 322 g/mol. The first-order valence-corrected chi connectivity index (χ1v) is 7.77. The highest BCUT2D eigenvalue weighted by molar-refractivity contribution is 5.59. The summed E-state index contributed by atoms with van der Waals surface area (Å²) in [4.78, 5) is 8.92. The summed E-state index contributed by atoms with van der Waals surface area (Å²) >= 11 is 0. The zero-order valence-electron chi connectivity index (χ0n) is 13.7. The van der Waals surface area contributed by atoms with Crippen molar-refractivity contribution in [2.24, 2.45) is 0 Å². The third kappa shape index (κ3) is 4.07. The van der Waals surface area contributed by atoms with Gasteiger partial charge in [-0.1, -0.05) is 30.3 Å². The second kappa shape index (κ2) is 7.08. The predicted molar refractivity (Wildman–Crippen MR) is 95.0 cm³/mol. The number of hydrogen-bond donors (Lipinski definition) is 2. The number of nitrogens with zero attached hydrogens (tertiary/aromatic N) is 2. The molecule has 0 atom stereocenters. The van der Waals surface area contributed by atoms with E-state index in [2.05, 4.69) is 20.6 Å². The Morgan fingerprint density at radius 3 is 2.46 bits per heavy atom. The molecule has 0 amide bonds. The molecule has 5 heteroatoms. The van der Waals surface area contributed by atoms with Crippen LogP contribution in [0.25, 0.3) is 0 Å². The summed E-state index contributed by atoms with van der Waals surface area (Å²) in [5.41, 5.74) is 3.96. The van der Waals surface area contributed by atoms with Gasteiger partial charge in [-0.2, -0.15) is 4.98 Å². The van der Waals surface area contributed by atoms with Crippen LogP contribution in [-0.4, -0.2) is 9.97 Å². The van der Waals surface area contributed by atoms with E-state index in [-0.39, 0.29) is 5.82 Å². The Morgan fingerprint density at radius 2 is 1.71 bits per heavy atom. The molecule has 2 N–H and O–H groups in total. The summed E-state index contributed by atoms with van der Waals surface area (Å²) in [5.74, 6) is 1.04. The predicted octanol–water partition coefficient (Wildman–Crippen LogP) is 4.59. The average molecular weight is 322 g/mol. The first-order valence-electron chi connectivity index (χ1n) is 7.77. The van der Waals surface area contributed by atoms with E-state index in [4.69, 9.17) is 0 Å². The molecule has 0 saturated heterocycles. The molecule has 0 unspecified atom stereocenters. The SMILES string of the molecule is Cc1cc(NCc2ccc(F)cc2)nc(Nc2ccccc2C)n1. The number of para-hydroxylation sites is 1. The second-order valence-corrected chi connectivity index (χ2v) is 5.64. The number of aryl methyl sites for hydroxylation is 2. The zero-order valence-corrected chi connectivity index (χ0v) is 13.7. The summed E-state index contributed by atoms with van der Waals surface area (Å²) in [6.45, 7) is 4.53. The summed E-state index contributed by atoms with van der Waals surface area (Å²) in [6, 6.07) is 16.3. The van der Waals surface area contributed by atoms with E-state index in [1.807, 2.05) is 44.2 Å². The van der Waals surface area contributed by atoms with Crippen LogP contribution in [-0.2, 0) is 6.54 Å². The third-order valence-electron chi connectivity index (χ3n) is 3.63. The molecule has 24 heavy (non-hydrogen) atoms. The van der Waals surface area contributed by atoms with E-state index in [1.54, 1.807) is 12.1 Å². The first-order chi connectivity index (χ1) is 11.6. The van der Waals surface area contributed by atoms with Crippen molar-refractivity contribution in [1.29, 1.82) is 0 Å². The molecule has 122 valence electrons. The Kier molecular flexibility index (Phi) is 4.70. The lowest BCUT2D eigenvalue weighted by Gasteiger charge is -2.11. The number of aromatic nitrogens is 2. The highest BCUT2D eigenvalue weighted by atomic mass is 19.1. The van der Waals surface area contributed by atoms with E-state index in [1.165, 1.54) is 12.1 Å². The molecule has 0 radical (unpaired) electrons. The van der Waals surface area contributed by atoms with Gasteiger partial charge < -0.3 is 10.6 Å². The van der Waals surface area contributed by atoms with Gasteiger partial charge in [0.25, 0.3) is 0 Å². The van der Waals surface area contributed by atoms with Crippen LogP contribution in [0.1, 0.15) is 16.8 Å². The molecule has 2 aromatic carbocycles. The van der Waals surface area contributed by atoms with Gasteiger partial charge in [-0.15, -0.1) is 0 Å². The Balaban J connectivity index is 1.74. The summed E-state index contributed by atoms with van der Waals surface area (Å²) in [5, 5.41) is 6.50. The maximum absolute atomic E-state index is 12.9. The molecule has 0 aliphatic heterocycles. The lowest BCUT2D eigenvalue weighted by Crippen LogP contribution is -2.06. The van der Waals surface area contributed by atoms with Crippen molar-refractivity contribution >= 4 is 17.5 Å². The number of nitrogens with one attached hydrogen (secondary N) is 2. The van der Waals surface area contributed by atoms with Gasteiger partial charge in [-0.05, 0) is 43.2 Å². The van der Waals surface area contributed by atoms with Crippen molar-refractivity contribution in [1.82, 2.24) is 9.97 Å². The van der Waals surface area contributed by atoms with Crippen molar-refractivity contribution in [2.45, 2.75) is 20.4 Å². The summed E-state index contributed by atoms with van der Waals surface area (Å²) in [7, 11) is 0. The van der Waals surface area contributed by atoms with Gasteiger partial charge in [0.1, 0.15) is 11.6 Å². The molecule has 3 aromatic rings. The summed E-state index contributed by atoms with van der Waals surface area (Å²) in [6.07, 6.45) is 0. The van der Waals surface area contributed by atoms with Crippen LogP contribution >= 0.6 is 0 Å². The van der Waals surface area contributed by atoms with E-state index < -0.39 is 0 Å². The molecule has 3 rings (SSSR count). The fourth-order valence-electron chi connectivity index (χ4n) is 2.34. The fraction of sp³-hybridized carbons (Fsp3) is 0.158. The van der Waals surface area contributed by atoms with Gasteiger partial charge >= 0.3 is 0 Å². The van der Waals surface area contributed by atoms with E-state index in [0.717, 1.165) is 28.3 Å². The highest BCUT2D eigenvalue weighted by Crippen LogP contribution is 2.19. The average Bonchev–Trinajstić information content (AvgIpc) is 2.56. The quantitative estimate of drug-likeness (QED) is 0.721. The van der Waals surface area contributed by atoms with Gasteiger partial charge in [0.2, 0.25) is 5.95 Å². The minimum Gasteiger partial charge on any atom is -0.366 e. The molecule has 4 nitrogen and oxygen atoms in total. The number of hydrogen-bond acceptors (Lipinski definition) is 4. The van der Waals surface area contributed by atoms with Crippen molar-refractivity contribution in [2.75, 3.05) is 10.6 Å². The maximum Gasteiger partial charge on any atom is 0.229 e. The lowest BCUT2D eigenvalue weighted by molar-refractivity contribution is 0.627. The lowest BCUT2D eigenvalue weighted by atomic mass is 10.2. The molecule has 1 heterocycles. The summed E-state index contributed by atoms with van der Waals surface area (Å²) < 4.78 is 12.9. The van der Waals surface area contributed by atoms with Crippen molar-refractivity contribution in [3.63, 3.8) is 0 Å². The molecule has 0 aliphatic rings. The van der Waals surface area contributed by atoms with Crippen LogP contribution in [0.3, 0.4) is 0 Å². The third-order valence-corrected chi connectivity index (χ3v) is 3.63. The van der Waals surface area contributed by atoms with Crippen LogP contribution in [0.4, 0.5) is 21.8 Å². The largest absolute Gasteiger partial charge is 0.366 e. The molecule has 0 spiro atoms. The number of anilines is 3. The van der Waals surface area contributed by atoms with Gasteiger partial charge in [-0.3, -0.25) is 0 Å². The molecule has 0 fully saturated rings. The van der Waals surface area contributed by atoms with Crippen molar-refractivity contribution in [3.05, 3.63) is 77.2 Å². The Bertz CT molecular complexity index is 831. The smallest absolute Gasteiger partial charge is 0.229 e. The first kappa shape index (κ1) is 15.9. The maximum atomic E-state index is 12.9. The van der Waals surface area contributed by atoms with Crippen LogP contribution in [0.5, 0.6) is 0 Å². The van der Waals surface area contributed by atoms with Crippen molar-refractivity contribution in [3.8, 4) is 0 Å². The molecule has 0 aliphatic carbocycles. The number of rotatable bonds is 5. The van der Waals surface area contributed by atoms with E-state index >= 15 is 0 Å². The Morgan fingerprint density at radius 1 is 0.958 bits per heavy atom. The van der Waals surface area contributed by atoms with E-state index in [0.29, 0.717) is 12.5 Å². The molecular weight excluding hydrogens is 303 g/mol. The Labute approximate surface area is 140 Å². The molecular formula is C19H19FN4. The van der Waals surface area contributed by atoms with Crippen LogP contribution < -0.4 is 10.6 Å². The fourth-order valence-corrected chi connectivity index (χ4v) is 2.34. The minimum absolute atomic E-state index is 0.235. The van der Waals surface area contributed by atoms with Crippen LogP contribution in [0.2, 0.25) is 0 Å². The van der Waals surface area contributed by atoms with Gasteiger partial charge in [-0.25, -0.2) is 9.37 Å². The molecule has 0 bridgehead atoms. The number of halogens is 1. The number of benzene rings is 2. The standard InChI is InChI=1S/C19H19FN4/c1-13-5-3-4-6-17(13)23-19-22-14(2)11-18(24-19)21-12-15-7-9-16(20)10-8-15/h3-11H,12H2,1-2H3,(H2,21,22,23,24). The van der Waals surface area contributed by atoms with Gasteiger partial charge in [0.15, 0.2) is 0 Å². The van der Waals surface area contributed by atoms with Gasteiger partial charge in [0.05, 0.1) is 0 Å². The zero-order chi connectivity index (χ0) is 16.9. The van der Waals surface area contributed by atoms with Crippen LogP contribution in [0, 0.1) is 19.7 Å².